The third kappa shape index (κ3) is 3.54. The molecule has 2 aromatic rings. The molecule has 0 aliphatic rings. The maximum Gasteiger partial charge on any atom is 0.254 e. The van der Waals surface area contributed by atoms with Crippen LogP contribution in [-0.4, -0.2) is 39.8 Å². The second-order valence-corrected chi connectivity index (χ2v) is 6.83. The first-order valence-electron chi connectivity index (χ1n) is 6.79. The molecule has 7 nitrogen and oxygen atoms in total. The van der Waals surface area contributed by atoms with E-state index in [2.05, 4.69) is 5.32 Å². The minimum Gasteiger partial charge on any atom is -0.496 e. The second-order valence-electron chi connectivity index (χ2n) is 4.78. The van der Waals surface area contributed by atoms with Gasteiger partial charge in [0.1, 0.15) is 11.5 Å². The zero-order valence-corrected chi connectivity index (χ0v) is 13.9. The summed E-state index contributed by atoms with van der Waals surface area (Å²) >= 11 is 0. The number of amides is 1. The maximum atomic E-state index is 12.6. The van der Waals surface area contributed by atoms with E-state index in [1.165, 1.54) is 45.7 Å². The van der Waals surface area contributed by atoms with Crippen molar-refractivity contribution in [2.24, 2.45) is 0 Å². The Hall–Kier alpha value is -2.32. The van der Waals surface area contributed by atoms with Crippen LogP contribution in [0.3, 0.4) is 0 Å². The molecule has 1 aromatic carbocycles. The lowest BCUT2D eigenvalue weighted by atomic mass is 10.2. The average Bonchev–Trinajstić information content (AvgIpc) is 3.06. The lowest BCUT2D eigenvalue weighted by Crippen LogP contribution is -2.27. The Morgan fingerprint density at radius 1 is 1.35 bits per heavy atom. The highest BCUT2D eigenvalue weighted by molar-refractivity contribution is 7.89. The molecule has 2 rings (SSSR count). The number of rotatable bonds is 6. The number of ether oxygens (including phenoxy) is 1. The fourth-order valence-corrected chi connectivity index (χ4v) is 3.21. The van der Waals surface area contributed by atoms with Crippen molar-refractivity contribution in [2.45, 2.75) is 11.4 Å². The summed E-state index contributed by atoms with van der Waals surface area (Å²) in [5.74, 6) is 0.403. The molecule has 8 heteroatoms. The summed E-state index contributed by atoms with van der Waals surface area (Å²) in [6.45, 7) is 0.0939. The standard InChI is InChI=1S/C15H18N2O5S/c1-16-15(18)13-9-12(6-7-14(13)21-3)23(19,20)17(2)10-11-5-4-8-22-11/h4-9H,10H2,1-3H3,(H,16,18). The van der Waals surface area contributed by atoms with E-state index in [1.54, 1.807) is 12.1 Å². The van der Waals surface area contributed by atoms with Crippen LogP contribution in [0.2, 0.25) is 0 Å². The Morgan fingerprint density at radius 3 is 2.65 bits per heavy atom. The molecule has 124 valence electrons. The minimum atomic E-state index is -3.77. The topological polar surface area (TPSA) is 88.9 Å². The Morgan fingerprint density at radius 2 is 2.09 bits per heavy atom. The summed E-state index contributed by atoms with van der Waals surface area (Å²) in [5, 5.41) is 2.46. The molecule has 1 heterocycles. The zero-order chi connectivity index (χ0) is 17.0. The van der Waals surface area contributed by atoms with Gasteiger partial charge in [-0.3, -0.25) is 4.79 Å². The zero-order valence-electron chi connectivity index (χ0n) is 13.1. The third-order valence-corrected chi connectivity index (χ3v) is 5.11. The summed E-state index contributed by atoms with van der Waals surface area (Å²) in [6.07, 6.45) is 1.48. The number of hydrogen-bond donors (Lipinski definition) is 1. The smallest absolute Gasteiger partial charge is 0.254 e. The van der Waals surface area contributed by atoms with Crippen LogP contribution in [0.25, 0.3) is 0 Å². The summed E-state index contributed by atoms with van der Waals surface area (Å²) in [5.41, 5.74) is 0.155. The molecule has 0 unspecified atom stereocenters. The quantitative estimate of drug-likeness (QED) is 0.861. The first-order valence-corrected chi connectivity index (χ1v) is 8.23. The largest absolute Gasteiger partial charge is 0.496 e. The number of benzene rings is 1. The highest BCUT2D eigenvalue weighted by Gasteiger charge is 2.24. The molecule has 0 aliphatic heterocycles. The van der Waals surface area contributed by atoms with Gasteiger partial charge in [-0.2, -0.15) is 4.31 Å². The van der Waals surface area contributed by atoms with Crippen LogP contribution in [0.1, 0.15) is 16.1 Å². The monoisotopic (exact) mass is 338 g/mol. The van der Waals surface area contributed by atoms with Crippen LogP contribution in [0.5, 0.6) is 5.75 Å². The van der Waals surface area contributed by atoms with Gasteiger partial charge in [-0.05, 0) is 30.3 Å². The van der Waals surface area contributed by atoms with Crippen molar-refractivity contribution in [1.82, 2.24) is 9.62 Å². The van der Waals surface area contributed by atoms with E-state index >= 15 is 0 Å². The van der Waals surface area contributed by atoms with Crippen LogP contribution in [0, 0.1) is 0 Å². The number of carbonyl (C=O) groups is 1. The van der Waals surface area contributed by atoms with Crippen LogP contribution >= 0.6 is 0 Å². The average molecular weight is 338 g/mol. The van der Waals surface area contributed by atoms with Gasteiger partial charge in [0, 0.05) is 14.1 Å². The highest BCUT2D eigenvalue weighted by atomic mass is 32.2. The van der Waals surface area contributed by atoms with E-state index in [-0.39, 0.29) is 17.0 Å². The van der Waals surface area contributed by atoms with Crippen molar-refractivity contribution < 1.29 is 22.4 Å². The summed E-state index contributed by atoms with van der Waals surface area (Å²) in [6, 6.07) is 7.53. The Bertz CT molecular complexity index is 784. The van der Waals surface area contributed by atoms with Gasteiger partial charge in [-0.25, -0.2) is 8.42 Å². The molecule has 0 radical (unpaired) electrons. The van der Waals surface area contributed by atoms with Gasteiger partial charge in [0.15, 0.2) is 0 Å². The van der Waals surface area contributed by atoms with Crippen molar-refractivity contribution in [3.05, 3.63) is 47.9 Å². The molecule has 1 aromatic heterocycles. The van der Waals surface area contributed by atoms with E-state index in [0.717, 1.165) is 4.31 Å². The van der Waals surface area contributed by atoms with E-state index in [4.69, 9.17) is 9.15 Å². The van der Waals surface area contributed by atoms with Gasteiger partial charge in [0.05, 0.1) is 30.4 Å². The number of hydrogen-bond acceptors (Lipinski definition) is 5. The molecule has 1 N–H and O–H groups in total. The molecule has 0 atom stereocenters. The minimum absolute atomic E-state index is 0.00551. The predicted octanol–water partition coefficient (Wildman–Crippen LogP) is 1.47. The van der Waals surface area contributed by atoms with E-state index < -0.39 is 15.9 Å². The number of nitrogens with zero attached hydrogens (tertiary/aromatic N) is 1. The lowest BCUT2D eigenvalue weighted by molar-refractivity contribution is 0.0960. The van der Waals surface area contributed by atoms with Crippen molar-refractivity contribution in [3.63, 3.8) is 0 Å². The third-order valence-electron chi connectivity index (χ3n) is 3.31. The molecule has 0 saturated carbocycles. The van der Waals surface area contributed by atoms with Crippen molar-refractivity contribution in [3.8, 4) is 5.75 Å². The first-order chi connectivity index (χ1) is 10.9. The van der Waals surface area contributed by atoms with Crippen LogP contribution in [-0.2, 0) is 16.6 Å². The Kier molecular flexibility index (Phi) is 5.07. The molecule has 23 heavy (non-hydrogen) atoms. The van der Waals surface area contributed by atoms with Crippen LogP contribution < -0.4 is 10.1 Å². The van der Waals surface area contributed by atoms with Crippen LogP contribution in [0.4, 0.5) is 0 Å². The first kappa shape index (κ1) is 17.0. The van der Waals surface area contributed by atoms with Gasteiger partial charge in [-0.1, -0.05) is 0 Å². The van der Waals surface area contributed by atoms with Crippen molar-refractivity contribution in [1.29, 1.82) is 0 Å². The summed E-state index contributed by atoms with van der Waals surface area (Å²) < 4.78 is 36.7. The summed E-state index contributed by atoms with van der Waals surface area (Å²) in [4.78, 5) is 11.9. The Balaban J connectivity index is 2.37. The summed E-state index contributed by atoms with van der Waals surface area (Å²) in [7, 11) is 0.559. The van der Waals surface area contributed by atoms with E-state index in [9.17, 15) is 13.2 Å². The van der Waals surface area contributed by atoms with Gasteiger partial charge >= 0.3 is 0 Å². The molecule has 0 saturated heterocycles. The molecule has 0 spiro atoms. The van der Waals surface area contributed by atoms with Crippen molar-refractivity contribution in [2.75, 3.05) is 21.2 Å². The van der Waals surface area contributed by atoms with E-state index in [1.807, 2.05) is 0 Å². The Labute approximate surface area is 134 Å². The van der Waals surface area contributed by atoms with E-state index in [0.29, 0.717) is 11.5 Å². The van der Waals surface area contributed by atoms with Crippen molar-refractivity contribution >= 4 is 15.9 Å². The fraction of sp³-hybridized carbons (Fsp3) is 0.267. The molecule has 1 amide bonds. The number of carbonyl (C=O) groups excluding carboxylic acids is 1. The SMILES string of the molecule is CNC(=O)c1cc(S(=O)(=O)N(C)Cc2ccco2)ccc1OC. The van der Waals surface area contributed by atoms with Gasteiger partial charge in [0.25, 0.3) is 5.91 Å². The molecular formula is C15H18N2O5S. The number of furan rings is 1. The molecule has 0 bridgehead atoms. The normalized spacial score (nSPS) is 11.5. The highest BCUT2D eigenvalue weighted by Crippen LogP contribution is 2.24. The lowest BCUT2D eigenvalue weighted by Gasteiger charge is -2.17. The fourth-order valence-electron chi connectivity index (χ4n) is 2.05. The predicted molar refractivity (Wildman–Crippen MR) is 83.7 cm³/mol. The molecule has 0 aliphatic carbocycles. The van der Waals surface area contributed by atoms with Gasteiger partial charge in [0.2, 0.25) is 10.0 Å². The molecule has 0 fully saturated rings. The molecular weight excluding hydrogens is 320 g/mol. The van der Waals surface area contributed by atoms with Gasteiger partial charge < -0.3 is 14.5 Å². The van der Waals surface area contributed by atoms with Gasteiger partial charge in [-0.15, -0.1) is 0 Å². The maximum absolute atomic E-state index is 12.6. The number of sulfonamides is 1. The number of nitrogens with one attached hydrogen (secondary N) is 1. The second kappa shape index (κ2) is 6.84. The number of methoxy groups -OCH3 is 1. The van der Waals surface area contributed by atoms with Crippen LogP contribution in [0.15, 0.2) is 45.9 Å².